The molecule has 3 N–H and O–H groups in total. The van der Waals surface area contributed by atoms with Gasteiger partial charge >= 0.3 is 0 Å². The van der Waals surface area contributed by atoms with Gasteiger partial charge in [-0.15, -0.1) is 0 Å². The molecular weight excluding hydrogens is 458 g/mol. The van der Waals surface area contributed by atoms with E-state index in [1.165, 1.54) is 12.1 Å². The summed E-state index contributed by atoms with van der Waals surface area (Å²) in [5.74, 6) is -0.223. The first-order valence-corrected chi connectivity index (χ1v) is 11.3. The number of aromatic amines is 1. The van der Waals surface area contributed by atoms with Gasteiger partial charge < -0.3 is 15.4 Å². The third-order valence-electron chi connectivity index (χ3n) is 6.41. The van der Waals surface area contributed by atoms with Crippen LogP contribution in [0.2, 0.25) is 0 Å². The highest BCUT2D eigenvalue weighted by Gasteiger charge is 2.39. The van der Waals surface area contributed by atoms with Gasteiger partial charge in [0.15, 0.2) is 5.82 Å². The number of hydrogen-bond donors (Lipinski definition) is 3. The fraction of sp³-hybridized carbons (Fsp3) is 0.115. The van der Waals surface area contributed by atoms with Crippen molar-refractivity contribution >= 4 is 40.2 Å². The third-order valence-corrected chi connectivity index (χ3v) is 6.41. The van der Waals surface area contributed by atoms with Crippen molar-refractivity contribution in [2.24, 2.45) is 7.05 Å². The van der Waals surface area contributed by atoms with Crippen molar-refractivity contribution in [3.05, 3.63) is 77.2 Å². The largest absolute Gasteiger partial charge is 0.507 e. The number of aromatic hydroxyl groups is 1. The Morgan fingerprint density at radius 2 is 1.83 bits per heavy atom. The number of carbonyl (C=O) groups excluding carboxylic acids is 2. The van der Waals surface area contributed by atoms with E-state index in [4.69, 9.17) is 4.98 Å². The molecule has 10 nitrogen and oxygen atoms in total. The van der Waals surface area contributed by atoms with Crippen LogP contribution >= 0.6 is 0 Å². The molecule has 0 saturated carbocycles. The van der Waals surface area contributed by atoms with Crippen molar-refractivity contribution in [2.45, 2.75) is 13.8 Å². The van der Waals surface area contributed by atoms with Gasteiger partial charge in [0, 0.05) is 42.2 Å². The summed E-state index contributed by atoms with van der Waals surface area (Å²) in [4.78, 5) is 39.7. The molecule has 0 atom stereocenters. The molecule has 0 spiro atoms. The van der Waals surface area contributed by atoms with Crippen molar-refractivity contribution in [1.29, 1.82) is 0 Å². The third kappa shape index (κ3) is 3.15. The van der Waals surface area contributed by atoms with Crippen LogP contribution in [0.25, 0.3) is 22.2 Å². The van der Waals surface area contributed by atoms with Crippen molar-refractivity contribution in [3.8, 4) is 17.0 Å². The lowest BCUT2D eigenvalue weighted by molar-refractivity contribution is 0.0926. The summed E-state index contributed by atoms with van der Waals surface area (Å²) >= 11 is 0. The molecule has 0 bridgehead atoms. The zero-order valence-corrected chi connectivity index (χ0v) is 19.7. The number of phenolic OH excluding ortho intramolecular Hbond substituents is 1. The zero-order valence-electron chi connectivity index (χ0n) is 19.7. The molecule has 2 aromatic carbocycles. The number of carbonyl (C=O) groups is 2. The van der Waals surface area contributed by atoms with Crippen molar-refractivity contribution in [1.82, 2.24) is 24.7 Å². The van der Waals surface area contributed by atoms with Crippen molar-refractivity contribution < 1.29 is 14.7 Å². The number of para-hydroxylation sites is 1. The number of rotatable bonds is 4. The minimum atomic E-state index is -0.563. The number of H-pyrrole nitrogens is 1. The summed E-state index contributed by atoms with van der Waals surface area (Å²) in [7, 11) is 1.86. The fourth-order valence-corrected chi connectivity index (χ4v) is 4.52. The van der Waals surface area contributed by atoms with Gasteiger partial charge in [0.25, 0.3) is 11.8 Å². The molecule has 5 aromatic rings. The van der Waals surface area contributed by atoms with E-state index in [0.717, 1.165) is 27.1 Å². The minimum Gasteiger partial charge on any atom is -0.507 e. The highest BCUT2D eigenvalue weighted by molar-refractivity contribution is 6.36. The Kier molecular flexibility index (Phi) is 4.65. The number of nitrogens with one attached hydrogen (secondary N) is 2. The second-order valence-corrected chi connectivity index (χ2v) is 8.69. The number of phenols is 1. The number of benzene rings is 2. The van der Waals surface area contributed by atoms with Gasteiger partial charge in [-0.1, -0.05) is 18.2 Å². The predicted octanol–water partition coefficient (Wildman–Crippen LogP) is 4.23. The number of aromatic nitrogens is 5. The molecule has 4 heterocycles. The van der Waals surface area contributed by atoms with Crippen LogP contribution in [0.4, 0.5) is 17.5 Å². The van der Waals surface area contributed by atoms with E-state index in [-0.39, 0.29) is 16.9 Å². The van der Waals surface area contributed by atoms with Gasteiger partial charge in [-0.2, -0.15) is 5.10 Å². The topological polar surface area (TPSA) is 129 Å². The highest BCUT2D eigenvalue weighted by Crippen LogP contribution is 2.39. The molecule has 2 amide bonds. The van der Waals surface area contributed by atoms with Gasteiger partial charge in [0.2, 0.25) is 5.95 Å². The smallest absolute Gasteiger partial charge is 0.269 e. The molecule has 6 rings (SSSR count). The summed E-state index contributed by atoms with van der Waals surface area (Å²) < 4.78 is 1.76. The van der Waals surface area contributed by atoms with E-state index >= 15 is 0 Å². The van der Waals surface area contributed by atoms with Gasteiger partial charge in [0.1, 0.15) is 5.75 Å². The quantitative estimate of drug-likeness (QED) is 0.329. The summed E-state index contributed by atoms with van der Waals surface area (Å²) in [6.07, 6.45) is 3.53. The Morgan fingerprint density at radius 3 is 2.58 bits per heavy atom. The number of nitrogens with zero attached hydrogens (tertiary/aromatic N) is 5. The number of imide groups is 1. The standard InChI is InChI=1S/C26H21N7O3/c1-13-11-28-26(29-20-10-14(2)32(3)31-20)30-22(13)17-12-27-23-15(17)6-4-8-18(23)33-24(35)16-7-5-9-19(34)21(16)25(33)36/h4-12,27,34H,1-3H3,(H,28,29,30,31). The van der Waals surface area contributed by atoms with Gasteiger partial charge in [-0.05, 0) is 37.6 Å². The second-order valence-electron chi connectivity index (χ2n) is 8.69. The first-order valence-electron chi connectivity index (χ1n) is 11.3. The number of fused-ring (bicyclic) bond motifs is 2. The van der Waals surface area contributed by atoms with Crippen LogP contribution in [0.3, 0.4) is 0 Å². The van der Waals surface area contributed by atoms with Crippen LogP contribution in [0, 0.1) is 13.8 Å². The molecule has 178 valence electrons. The van der Waals surface area contributed by atoms with Crippen LogP contribution in [0.15, 0.2) is 54.9 Å². The molecule has 1 aliphatic rings. The maximum atomic E-state index is 13.1. The Bertz CT molecular complexity index is 1700. The lowest BCUT2D eigenvalue weighted by atomic mass is 10.1. The normalized spacial score (nSPS) is 13.0. The van der Waals surface area contributed by atoms with Crippen LogP contribution in [0.1, 0.15) is 32.0 Å². The van der Waals surface area contributed by atoms with E-state index in [2.05, 4.69) is 20.4 Å². The summed E-state index contributed by atoms with van der Waals surface area (Å²) in [5, 5.41) is 18.5. The molecule has 1 aliphatic heterocycles. The van der Waals surface area contributed by atoms with Crippen LogP contribution < -0.4 is 10.2 Å². The fourth-order valence-electron chi connectivity index (χ4n) is 4.52. The molecular formula is C26H21N7O3. The van der Waals surface area contributed by atoms with E-state index in [0.29, 0.717) is 28.7 Å². The van der Waals surface area contributed by atoms with Gasteiger partial charge in [-0.3, -0.25) is 14.3 Å². The maximum absolute atomic E-state index is 13.1. The van der Waals surface area contributed by atoms with E-state index < -0.39 is 11.8 Å². The summed E-state index contributed by atoms with van der Waals surface area (Å²) in [5.41, 5.74) is 4.54. The highest BCUT2D eigenvalue weighted by atomic mass is 16.3. The van der Waals surface area contributed by atoms with Crippen LogP contribution in [0.5, 0.6) is 5.75 Å². The molecule has 0 unspecified atom stereocenters. The van der Waals surface area contributed by atoms with Crippen LogP contribution in [-0.2, 0) is 7.05 Å². The van der Waals surface area contributed by atoms with Crippen LogP contribution in [-0.4, -0.2) is 41.7 Å². The lowest BCUT2D eigenvalue weighted by Crippen LogP contribution is -2.29. The molecule has 10 heteroatoms. The Hall–Kier alpha value is -4.99. The molecule has 3 aromatic heterocycles. The van der Waals surface area contributed by atoms with Gasteiger partial charge in [0.05, 0.1) is 28.0 Å². The number of hydrogen-bond acceptors (Lipinski definition) is 7. The minimum absolute atomic E-state index is 0.0124. The molecule has 0 radical (unpaired) electrons. The zero-order chi connectivity index (χ0) is 25.1. The summed E-state index contributed by atoms with van der Waals surface area (Å²) in [6.45, 7) is 3.87. The Labute approximate surface area is 205 Å². The first kappa shape index (κ1) is 21.5. The SMILES string of the molecule is Cc1cnc(Nc2cc(C)n(C)n2)nc1-c1c[nH]c2c(N3C(=O)c4cccc(O)c4C3=O)cccc12. The average molecular weight is 480 g/mol. The van der Waals surface area contributed by atoms with Crippen molar-refractivity contribution in [3.63, 3.8) is 0 Å². The van der Waals surface area contributed by atoms with E-state index in [9.17, 15) is 14.7 Å². The second kappa shape index (κ2) is 7.77. The monoisotopic (exact) mass is 479 g/mol. The van der Waals surface area contributed by atoms with E-state index in [1.807, 2.05) is 33.0 Å². The summed E-state index contributed by atoms with van der Waals surface area (Å²) in [6, 6.07) is 11.8. The van der Waals surface area contributed by atoms with E-state index in [1.54, 1.807) is 35.3 Å². The molecule has 36 heavy (non-hydrogen) atoms. The maximum Gasteiger partial charge on any atom is 0.269 e. The Balaban J connectivity index is 1.43. The molecule has 0 aliphatic carbocycles. The number of amides is 2. The van der Waals surface area contributed by atoms with Crippen molar-refractivity contribution in [2.75, 3.05) is 10.2 Å². The van der Waals surface area contributed by atoms with Gasteiger partial charge in [-0.25, -0.2) is 14.9 Å². The number of anilines is 3. The number of aryl methyl sites for hydroxylation is 3. The lowest BCUT2D eigenvalue weighted by Gasteiger charge is -2.15. The first-order chi connectivity index (χ1) is 17.3. The molecule has 0 fully saturated rings. The Morgan fingerprint density at radius 1 is 1.03 bits per heavy atom. The average Bonchev–Trinajstić information content (AvgIpc) is 3.50. The predicted molar refractivity (Wildman–Crippen MR) is 135 cm³/mol. The molecule has 0 saturated heterocycles.